The summed E-state index contributed by atoms with van der Waals surface area (Å²) in [6, 6.07) is 16.6. The third-order valence-corrected chi connectivity index (χ3v) is 8.66. The Hall–Kier alpha value is -3.27. The summed E-state index contributed by atoms with van der Waals surface area (Å²) in [6.07, 6.45) is 6.74. The predicted molar refractivity (Wildman–Crippen MR) is 163 cm³/mol. The van der Waals surface area contributed by atoms with Gasteiger partial charge in [0.15, 0.2) is 5.82 Å². The molecular formula is C31H40ClN7O2. The van der Waals surface area contributed by atoms with Crippen LogP contribution in [0.3, 0.4) is 0 Å². The van der Waals surface area contributed by atoms with E-state index in [-0.39, 0.29) is 30.0 Å². The number of hydrogen-bond acceptors (Lipinski definition) is 7. The zero-order valence-corrected chi connectivity index (χ0v) is 24.8. The molecule has 41 heavy (non-hydrogen) atoms. The first kappa shape index (κ1) is 29.2. The van der Waals surface area contributed by atoms with Crippen molar-refractivity contribution in [2.45, 2.75) is 64.1 Å². The lowest BCUT2D eigenvalue weighted by atomic mass is 9.95. The molecule has 0 radical (unpaired) electrons. The van der Waals surface area contributed by atoms with E-state index in [9.17, 15) is 4.79 Å². The van der Waals surface area contributed by atoms with Crippen LogP contribution < -0.4 is 10.3 Å². The van der Waals surface area contributed by atoms with Crippen molar-refractivity contribution in [3.8, 4) is 5.75 Å². The van der Waals surface area contributed by atoms with Gasteiger partial charge in [-0.2, -0.15) is 0 Å². The second kappa shape index (κ2) is 13.1. The molecule has 1 N–H and O–H groups in total. The highest BCUT2D eigenvalue weighted by Gasteiger charge is 2.34. The third kappa shape index (κ3) is 6.32. The summed E-state index contributed by atoms with van der Waals surface area (Å²) in [6.45, 7) is 6.49. The normalized spacial score (nSPS) is 17.8. The number of methoxy groups -OCH3 is 1. The van der Waals surface area contributed by atoms with Crippen LogP contribution in [0.1, 0.15) is 73.6 Å². The Morgan fingerprint density at radius 2 is 1.71 bits per heavy atom. The number of tetrazole rings is 1. The fourth-order valence-corrected chi connectivity index (χ4v) is 6.33. The van der Waals surface area contributed by atoms with Crippen LogP contribution in [0, 0.1) is 0 Å². The Labute approximate surface area is 247 Å². The van der Waals surface area contributed by atoms with Crippen molar-refractivity contribution in [2.75, 3.05) is 33.3 Å². The number of hydrogen-bond donors (Lipinski definition) is 1. The number of H-pyrrole nitrogens is 1. The van der Waals surface area contributed by atoms with Crippen LogP contribution >= 0.6 is 12.4 Å². The molecular weight excluding hydrogens is 538 g/mol. The van der Waals surface area contributed by atoms with Crippen molar-refractivity contribution in [1.82, 2.24) is 35.0 Å². The molecule has 3 heterocycles. The summed E-state index contributed by atoms with van der Waals surface area (Å²) in [7, 11) is 1.69. The van der Waals surface area contributed by atoms with Crippen molar-refractivity contribution in [2.24, 2.45) is 0 Å². The Kier molecular flexibility index (Phi) is 9.37. The van der Waals surface area contributed by atoms with E-state index in [1.165, 1.54) is 30.4 Å². The van der Waals surface area contributed by atoms with E-state index in [4.69, 9.17) is 4.74 Å². The van der Waals surface area contributed by atoms with E-state index in [1.54, 1.807) is 7.11 Å². The van der Waals surface area contributed by atoms with Gasteiger partial charge in [0, 0.05) is 43.8 Å². The maximum Gasteiger partial charge on any atom is 0.253 e. The minimum atomic E-state index is -0.307. The number of aromatic amines is 1. The summed E-state index contributed by atoms with van der Waals surface area (Å²) in [5.74, 6) is 1.66. The third-order valence-electron chi connectivity index (χ3n) is 8.66. The van der Waals surface area contributed by atoms with E-state index >= 15 is 0 Å². The van der Waals surface area contributed by atoms with Crippen molar-refractivity contribution < 1.29 is 4.74 Å². The lowest BCUT2D eigenvalue weighted by Gasteiger charge is -2.39. The van der Waals surface area contributed by atoms with Gasteiger partial charge in [0.25, 0.3) is 5.56 Å². The van der Waals surface area contributed by atoms with Gasteiger partial charge in [-0.15, -0.1) is 17.5 Å². The van der Waals surface area contributed by atoms with Gasteiger partial charge in [0.1, 0.15) is 11.8 Å². The van der Waals surface area contributed by atoms with Crippen molar-refractivity contribution in [3.05, 3.63) is 81.4 Å². The minimum Gasteiger partial charge on any atom is -0.497 e. The molecule has 1 aliphatic heterocycles. The van der Waals surface area contributed by atoms with E-state index < -0.39 is 0 Å². The molecule has 6 rings (SSSR count). The highest BCUT2D eigenvalue weighted by Crippen LogP contribution is 2.33. The SMILES string of the molecule is CCc1ccc2[nH]c(=O)c(C(c3nnnn3C3CCCCC3)N3CCN(Cc4ccc(OC)cc4)CC3)cc2c1.Cl. The van der Waals surface area contributed by atoms with Crippen LogP contribution in [0.5, 0.6) is 5.75 Å². The minimum absolute atomic E-state index is 0. The standard InChI is InChI=1S/C31H39N7O2.ClH/c1-3-22-11-14-28-24(19-22)20-27(31(39)32-28)29(30-33-34-35-38(30)25-7-5-4-6-8-25)37-17-15-36(16-18-37)21-23-9-12-26(40-2)13-10-23;/h9-14,19-20,25,29H,3-8,15-18,21H2,1-2H3,(H,32,39);1H. The predicted octanol–water partition coefficient (Wildman–Crippen LogP) is 4.92. The number of aromatic nitrogens is 5. The van der Waals surface area contributed by atoms with Gasteiger partial charge in [-0.25, -0.2) is 4.68 Å². The number of pyridine rings is 1. The molecule has 2 fully saturated rings. The summed E-state index contributed by atoms with van der Waals surface area (Å²) in [5.41, 5.74) is 4.03. The number of halogens is 1. The van der Waals surface area contributed by atoms with Gasteiger partial charge in [0.2, 0.25) is 0 Å². The first-order valence-corrected chi connectivity index (χ1v) is 14.7. The van der Waals surface area contributed by atoms with Crippen LogP contribution in [0.25, 0.3) is 10.9 Å². The van der Waals surface area contributed by atoms with Crippen LogP contribution in [0.2, 0.25) is 0 Å². The van der Waals surface area contributed by atoms with Crippen LogP contribution in [0.4, 0.5) is 0 Å². The Balaban J connectivity index is 0.00000337. The molecule has 1 unspecified atom stereocenters. The fourth-order valence-electron chi connectivity index (χ4n) is 6.33. The van der Waals surface area contributed by atoms with Gasteiger partial charge in [-0.1, -0.05) is 44.4 Å². The van der Waals surface area contributed by atoms with E-state index in [2.05, 4.69) is 67.6 Å². The number of piperazine rings is 1. The first-order chi connectivity index (χ1) is 19.6. The maximum absolute atomic E-state index is 13.6. The lowest BCUT2D eigenvalue weighted by Crippen LogP contribution is -2.48. The van der Waals surface area contributed by atoms with Gasteiger partial charge < -0.3 is 9.72 Å². The van der Waals surface area contributed by atoms with Crippen molar-refractivity contribution in [3.63, 3.8) is 0 Å². The second-order valence-corrected chi connectivity index (χ2v) is 11.2. The summed E-state index contributed by atoms with van der Waals surface area (Å²) in [5, 5.41) is 14.3. The molecule has 0 spiro atoms. The average molecular weight is 578 g/mol. The Morgan fingerprint density at radius 3 is 2.41 bits per heavy atom. The average Bonchev–Trinajstić information content (AvgIpc) is 3.48. The maximum atomic E-state index is 13.6. The van der Waals surface area contributed by atoms with Crippen molar-refractivity contribution >= 4 is 23.3 Å². The summed E-state index contributed by atoms with van der Waals surface area (Å²) < 4.78 is 7.34. The van der Waals surface area contributed by atoms with E-state index in [0.717, 1.165) is 80.0 Å². The van der Waals surface area contributed by atoms with Crippen molar-refractivity contribution in [1.29, 1.82) is 0 Å². The number of rotatable bonds is 8. The zero-order valence-electron chi connectivity index (χ0n) is 24.0. The smallest absolute Gasteiger partial charge is 0.253 e. The van der Waals surface area contributed by atoms with Gasteiger partial charge in [0.05, 0.1) is 13.2 Å². The lowest BCUT2D eigenvalue weighted by molar-refractivity contribution is 0.0982. The monoisotopic (exact) mass is 577 g/mol. The molecule has 4 aromatic rings. The Morgan fingerprint density at radius 1 is 0.976 bits per heavy atom. The quantitative estimate of drug-likeness (QED) is 0.318. The molecule has 1 saturated carbocycles. The highest BCUT2D eigenvalue weighted by molar-refractivity contribution is 5.85. The highest BCUT2D eigenvalue weighted by atomic mass is 35.5. The van der Waals surface area contributed by atoms with E-state index in [0.29, 0.717) is 0 Å². The van der Waals surface area contributed by atoms with Gasteiger partial charge in [-0.05, 0) is 76.5 Å². The molecule has 9 nitrogen and oxygen atoms in total. The Bertz CT molecular complexity index is 1490. The first-order valence-electron chi connectivity index (χ1n) is 14.7. The van der Waals surface area contributed by atoms with Gasteiger partial charge in [-0.3, -0.25) is 14.6 Å². The molecule has 218 valence electrons. The van der Waals surface area contributed by atoms with Crippen LogP contribution in [-0.2, 0) is 13.0 Å². The number of fused-ring (bicyclic) bond motifs is 1. The molecule has 1 aliphatic carbocycles. The van der Waals surface area contributed by atoms with Gasteiger partial charge >= 0.3 is 0 Å². The topological polar surface area (TPSA) is 92.2 Å². The molecule has 0 amide bonds. The summed E-state index contributed by atoms with van der Waals surface area (Å²) in [4.78, 5) is 21.7. The van der Waals surface area contributed by atoms with E-state index in [1.807, 2.05) is 22.9 Å². The summed E-state index contributed by atoms with van der Waals surface area (Å²) >= 11 is 0. The number of ether oxygens (including phenoxy) is 1. The molecule has 0 bridgehead atoms. The molecule has 2 aromatic heterocycles. The fraction of sp³-hybridized carbons (Fsp3) is 0.484. The molecule has 1 atom stereocenters. The number of benzene rings is 2. The molecule has 10 heteroatoms. The number of nitrogens with zero attached hydrogens (tertiary/aromatic N) is 6. The molecule has 2 aromatic carbocycles. The second-order valence-electron chi connectivity index (χ2n) is 11.2. The molecule has 2 aliphatic rings. The number of aryl methyl sites for hydroxylation is 1. The number of nitrogens with one attached hydrogen (secondary N) is 1. The molecule has 1 saturated heterocycles. The van der Waals surface area contributed by atoms with Crippen LogP contribution in [-0.4, -0.2) is 68.3 Å². The van der Waals surface area contributed by atoms with Crippen LogP contribution in [0.15, 0.2) is 53.3 Å². The zero-order chi connectivity index (χ0) is 27.5. The largest absolute Gasteiger partial charge is 0.497 e.